The maximum Gasteiger partial charge on any atom is 0.408 e. The van der Waals surface area contributed by atoms with Gasteiger partial charge in [-0.25, -0.2) is 4.79 Å². The zero-order valence-electron chi connectivity index (χ0n) is 11.3. The Morgan fingerprint density at radius 2 is 1.95 bits per heavy atom. The zero-order valence-corrected chi connectivity index (χ0v) is 11.3. The van der Waals surface area contributed by atoms with E-state index in [1.807, 2.05) is 18.2 Å². The number of hydrogen-bond donors (Lipinski definition) is 1. The molecule has 2 aliphatic rings. The van der Waals surface area contributed by atoms with Crippen molar-refractivity contribution in [2.75, 3.05) is 20.1 Å². The number of benzene rings is 1. The molecule has 4 nitrogen and oxygen atoms in total. The van der Waals surface area contributed by atoms with Gasteiger partial charge in [0.1, 0.15) is 5.60 Å². The molecule has 1 spiro atoms. The molecule has 1 N–H and O–H groups in total. The van der Waals surface area contributed by atoms with Crippen molar-refractivity contribution in [1.82, 2.24) is 10.2 Å². The van der Waals surface area contributed by atoms with Crippen molar-refractivity contribution in [2.45, 2.75) is 30.9 Å². The molecule has 19 heavy (non-hydrogen) atoms. The maximum atomic E-state index is 11.9. The van der Waals surface area contributed by atoms with Crippen molar-refractivity contribution < 1.29 is 9.53 Å². The molecule has 1 atom stereocenters. The minimum atomic E-state index is -0.273. The lowest BCUT2D eigenvalue weighted by Gasteiger charge is -2.45. The molecule has 2 saturated heterocycles. The Hall–Kier alpha value is -1.55. The van der Waals surface area contributed by atoms with E-state index in [0.717, 1.165) is 37.9 Å². The molecular formula is C15H20N2O2. The summed E-state index contributed by atoms with van der Waals surface area (Å²) >= 11 is 0. The lowest BCUT2D eigenvalue weighted by molar-refractivity contribution is -0.0624. The first-order valence-electron chi connectivity index (χ1n) is 6.90. The topological polar surface area (TPSA) is 41.6 Å². The van der Waals surface area contributed by atoms with E-state index >= 15 is 0 Å². The molecule has 2 aliphatic heterocycles. The van der Waals surface area contributed by atoms with Gasteiger partial charge in [-0.1, -0.05) is 30.3 Å². The highest BCUT2D eigenvalue weighted by Crippen LogP contribution is 2.38. The fraction of sp³-hybridized carbons (Fsp3) is 0.533. The maximum absolute atomic E-state index is 11.9. The molecule has 1 aromatic carbocycles. The number of nitrogens with one attached hydrogen (secondary N) is 1. The number of carbonyl (C=O) groups is 1. The highest BCUT2D eigenvalue weighted by Gasteiger charge is 2.43. The van der Waals surface area contributed by atoms with Crippen molar-refractivity contribution in [3.8, 4) is 0 Å². The third-order valence-electron chi connectivity index (χ3n) is 4.28. The van der Waals surface area contributed by atoms with Gasteiger partial charge in [0.25, 0.3) is 0 Å². The summed E-state index contributed by atoms with van der Waals surface area (Å²) in [5.41, 5.74) is 0.896. The van der Waals surface area contributed by atoms with Crippen molar-refractivity contribution in [1.29, 1.82) is 0 Å². The minimum Gasteiger partial charge on any atom is -0.443 e. The number of carbonyl (C=O) groups excluding carboxylic acids is 1. The smallest absolute Gasteiger partial charge is 0.408 e. The summed E-state index contributed by atoms with van der Waals surface area (Å²) in [5.74, 6) is 0. The third-order valence-corrected chi connectivity index (χ3v) is 4.28. The van der Waals surface area contributed by atoms with Crippen molar-refractivity contribution in [3.05, 3.63) is 35.9 Å². The van der Waals surface area contributed by atoms with Crippen LogP contribution in [0, 0.1) is 0 Å². The van der Waals surface area contributed by atoms with Gasteiger partial charge in [0.2, 0.25) is 0 Å². The summed E-state index contributed by atoms with van der Waals surface area (Å²) in [5, 5.41) is 2.94. The zero-order chi connectivity index (χ0) is 13.3. The number of ether oxygens (including phenoxy) is 1. The van der Waals surface area contributed by atoms with E-state index in [1.54, 1.807) is 0 Å². The van der Waals surface area contributed by atoms with Crippen LogP contribution in [0.15, 0.2) is 30.3 Å². The first-order chi connectivity index (χ1) is 9.17. The first kappa shape index (κ1) is 12.5. The summed E-state index contributed by atoms with van der Waals surface area (Å²) in [6.45, 7) is 1.99. The van der Waals surface area contributed by atoms with Gasteiger partial charge in [-0.15, -0.1) is 0 Å². The second-order valence-electron chi connectivity index (χ2n) is 5.69. The van der Waals surface area contributed by atoms with Crippen LogP contribution < -0.4 is 5.32 Å². The van der Waals surface area contributed by atoms with Crippen LogP contribution in [-0.2, 0) is 4.74 Å². The minimum absolute atomic E-state index is 0.0749. The molecule has 3 rings (SSSR count). The average molecular weight is 260 g/mol. The van der Waals surface area contributed by atoms with Gasteiger partial charge in [0, 0.05) is 32.4 Å². The lowest BCUT2D eigenvalue weighted by atomic mass is 9.82. The fourth-order valence-electron chi connectivity index (χ4n) is 3.05. The molecule has 0 bridgehead atoms. The summed E-state index contributed by atoms with van der Waals surface area (Å²) in [7, 11) is 2.12. The Morgan fingerprint density at radius 3 is 2.63 bits per heavy atom. The van der Waals surface area contributed by atoms with E-state index in [1.165, 1.54) is 0 Å². The lowest BCUT2D eigenvalue weighted by Crippen LogP contribution is -2.53. The van der Waals surface area contributed by atoms with Crippen LogP contribution in [0.3, 0.4) is 0 Å². The largest absolute Gasteiger partial charge is 0.443 e. The van der Waals surface area contributed by atoms with Crippen LogP contribution in [0.5, 0.6) is 0 Å². The van der Waals surface area contributed by atoms with Crippen molar-refractivity contribution in [2.24, 2.45) is 0 Å². The predicted octanol–water partition coefficient (Wildman–Crippen LogP) is 2.32. The molecule has 0 aromatic heterocycles. The second-order valence-corrected chi connectivity index (χ2v) is 5.69. The Kier molecular flexibility index (Phi) is 3.19. The summed E-state index contributed by atoms with van der Waals surface area (Å²) in [4.78, 5) is 14.1. The van der Waals surface area contributed by atoms with Crippen LogP contribution in [0.25, 0.3) is 0 Å². The molecule has 0 aliphatic carbocycles. The number of rotatable bonds is 1. The Balaban J connectivity index is 1.79. The molecule has 1 amide bonds. The molecular weight excluding hydrogens is 240 g/mol. The first-order valence-corrected chi connectivity index (χ1v) is 6.90. The average Bonchev–Trinajstić information content (AvgIpc) is 2.43. The molecule has 0 saturated carbocycles. The quantitative estimate of drug-likeness (QED) is 0.842. The summed E-state index contributed by atoms with van der Waals surface area (Å²) in [6.07, 6.45) is 2.46. The Morgan fingerprint density at radius 1 is 1.26 bits per heavy atom. The number of amides is 1. The number of piperidine rings is 1. The van der Waals surface area contributed by atoms with Gasteiger partial charge >= 0.3 is 6.09 Å². The molecule has 2 fully saturated rings. The number of alkyl carbamates (subject to hydrolysis) is 1. The van der Waals surface area contributed by atoms with Crippen molar-refractivity contribution >= 4 is 6.09 Å². The van der Waals surface area contributed by atoms with Gasteiger partial charge in [-0.3, -0.25) is 0 Å². The number of hydrogen-bond acceptors (Lipinski definition) is 3. The third kappa shape index (κ3) is 2.59. The summed E-state index contributed by atoms with van der Waals surface area (Å²) < 4.78 is 5.64. The molecule has 1 aromatic rings. The van der Waals surface area contributed by atoms with Gasteiger partial charge in [-0.05, 0) is 12.6 Å². The van der Waals surface area contributed by atoms with Crippen LogP contribution in [0.2, 0.25) is 0 Å². The molecule has 4 heteroatoms. The van der Waals surface area contributed by atoms with Gasteiger partial charge in [-0.2, -0.15) is 0 Å². The monoisotopic (exact) mass is 260 g/mol. The van der Waals surface area contributed by atoms with Crippen LogP contribution in [-0.4, -0.2) is 36.7 Å². The summed E-state index contributed by atoms with van der Waals surface area (Å²) in [6, 6.07) is 10.2. The Bertz CT molecular complexity index is 452. The fourth-order valence-corrected chi connectivity index (χ4v) is 3.05. The molecule has 1 unspecified atom stereocenters. The van der Waals surface area contributed by atoms with E-state index in [9.17, 15) is 4.79 Å². The standard InChI is InChI=1S/C15H20N2O2/c1-17-9-7-15(8-10-17)11-13(16-14(18)19-15)12-5-3-2-4-6-12/h2-6,13H,7-11H2,1H3,(H,16,18). The van der Waals surface area contributed by atoms with Gasteiger partial charge in [0.15, 0.2) is 0 Å². The molecule has 102 valence electrons. The highest BCUT2D eigenvalue weighted by atomic mass is 16.6. The van der Waals surface area contributed by atoms with Crippen LogP contribution >= 0.6 is 0 Å². The highest BCUT2D eigenvalue weighted by molar-refractivity contribution is 5.69. The van der Waals surface area contributed by atoms with Crippen LogP contribution in [0.1, 0.15) is 30.9 Å². The van der Waals surface area contributed by atoms with E-state index in [2.05, 4.69) is 29.4 Å². The van der Waals surface area contributed by atoms with Gasteiger partial charge < -0.3 is 15.0 Å². The normalized spacial score (nSPS) is 26.8. The van der Waals surface area contributed by atoms with E-state index < -0.39 is 0 Å². The number of likely N-dealkylation sites (tertiary alicyclic amines) is 1. The Labute approximate surface area is 113 Å². The van der Waals surface area contributed by atoms with Gasteiger partial charge in [0.05, 0.1) is 6.04 Å². The SMILES string of the molecule is CN1CCC2(CC1)CC(c1ccccc1)NC(=O)O2. The van der Waals surface area contributed by atoms with E-state index in [0.29, 0.717) is 0 Å². The molecule has 0 radical (unpaired) electrons. The van der Waals surface area contributed by atoms with Crippen molar-refractivity contribution in [3.63, 3.8) is 0 Å². The second kappa shape index (κ2) is 4.85. The molecule has 2 heterocycles. The van der Waals surface area contributed by atoms with E-state index in [-0.39, 0.29) is 17.7 Å². The van der Waals surface area contributed by atoms with E-state index in [4.69, 9.17) is 4.74 Å². The predicted molar refractivity (Wildman–Crippen MR) is 72.9 cm³/mol. The van der Waals surface area contributed by atoms with Crippen LogP contribution in [0.4, 0.5) is 4.79 Å². The number of nitrogens with zero attached hydrogens (tertiary/aromatic N) is 1.